The lowest BCUT2D eigenvalue weighted by atomic mass is 9.57. The van der Waals surface area contributed by atoms with Gasteiger partial charge in [-0.3, -0.25) is 19.2 Å². The Hall–Kier alpha value is -2.88. The quantitative estimate of drug-likeness (QED) is 0.0758. The van der Waals surface area contributed by atoms with Crippen molar-refractivity contribution in [1.82, 2.24) is 0 Å². The average Bonchev–Trinajstić information content (AvgIpc) is 2.98. The summed E-state index contributed by atoms with van der Waals surface area (Å²) in [5.74, 6) is -3.17. The van der Waals surface area contributed by atoms with Crippen LogP contribution in [0.5, 0.6) is 0 Å². The van der Waals surface area contributed by atoms with Crippen LogP contribution >= 0.6 is 0 Å². The van der Waals surface area contributed by atoms with Crippen LogP contribution in [0.3, 0.4) is 0 Å². The summed E-state index contributed by atoms with van der Waals surface area (Å²) in [6.45, 7) is 7.42. The molecule has 0 aliphatic rings. The van der Waals surface area contributed by atoms with E-state index >= 15 is 0 Å². The van der Waals surface area contributed by atoms with Crippen LogP contribution in [0.15, 0.2) is 0 Å². The zero-order valence-corrected chi connectivity index (χ0v) is 27.3. The van der Waals surface area contributed by atoms with Crippen LogP contribution in [-0.4, -0.2) is 85.4 Å². The zero-order valence-electron chi connectivity index (χ0n) is 26.3. The van der Waals surface area contributed by atoms with Gasteiger partial charge in [-0.1, -0.05) is 36.6 Å². The summed E-state index contributed by atoms with van der Waals surface area (Å²) >= 11 is 0. The van der Waals surface area contributed by atoms with Crippen LogP contribution in [0.2, 0.25) is 6.04 Å². The van der Waals surface area contributed by atoms with Gasteiger partial charge < -0.3 is 32.6 Å². The maximum atomic E-state index is 13.8. The molecule has 1 N–H and O–H groups in total. The number of aliphatic hydroxyl groups excluding tert-OH is 1. The number of nitrogens with zero attached hydrogens (tertiary/aromatic N) is 2. The Kier molecular flexibility index (Phi) is 25.9. The van der Waals surface area contributed by atoms with Gasteiger partial charge in [0.15, 0.2) is 5.78 Å². The molecule has 13 nitrogen and oxygen atoms in total. The first-order chi connectivity index (χ1) is 19.5. The van der Waals surface area contributed by atoms with Crippen LogP contribution < -0.4 is 0 Å². The molecule has 0 amide bonds. The molecule has 14 heteroatoms. The van der Waals surface area contributed by atoms with Crippen molar-refractivity contribution >= 4 is 32.5 Å². The monoisotopic (exact) mass is 678 g/mol. The molecule has 0 aromatic carbocycles. The van der Waals surface area contributed by atoms with E-state index in [1.54, 1.807) is 13.8 Å². The van der Waals surface area contributed by atoms with Crippen LogP contribution in [0.25, 0.3) is 0 Å². The molecule has 0 spiro atoms. The highest BCUT2D eigenvalue weighted by Gasteiger charge is 2.59. The van der Waals surface area contributed by atoms with E-state index in [-0.39, 0.29) is 62.2 Å². The predicted molar refractivity (Wildman–Crippen MR) is 177 cm³/mol. The Balaban J connectivity index is -0.00000140. The molecule has 0 aliphatic heterocycles. The smallest absolute Gasteiger partial charge is 0.465 e. The third-order valence-electron chi connectivity index (χ3n) is 7.82. The molecule has 46 heavy (non-hydrogen) atoms. The molecule has 0 aromatic heterocycles. The Morgan fingerprint density at radius 3 is 1.63 bits per heavy atom. The van der Waals surface area contributed by atoms with E-state index in [4.69, 9.17) is 37.9 Å². The minimum absolute atomic E-state index is 0. The zero-order chi connectivity index (χ0) is 32.8. The first-order valence-corrected chi connectivity index (χ1v) is 15.6. The van der Waals surface area contributed by atoms with Crippen LogP contribution in [0.1, 0.15) is 96.9 Å². The molecule has 0 saturated carbocycles. The number of hydrogen-bond donors (Lipinski definition) is 1. The van der Waals surface area contributed by atoms with Crippen LogP contribution in [0.4, 0.5) is 0 Å². The van der Waals surface area contributed by atoms with Crippen LogP contribution in [-0.2, 0) is 46.7 Å². The first kappa shape index (κ1) is 52.6. The molecule has 0 bridgehead atoms. The third-order valence-corrected chi connectivity index (χ3v) is 10.7. The van der Waals surface area contributed by atoms with Crippen molar-refractivity contribution in [2.24, 2.45) is 21.7 Å². The Morgan fingerprint density at radius 2 is 1.22 bits per heavy atom. The SMILES string of the molecule is C.C.C.C.CCC(C)(CC(C)(C(=O)OCCC[Si](OC)(OC)OC)C(C)(C#N)C(=O)CCOC(=O)C(C)(C)C#N)C(=O)OCCO. The predicted octanol–water partition coefficient (Wildman–Crippen LogP) is 5.27. The van der Waals surface area contributed by atoms with E-state index in [1.807, 2.05) is 12.1 Å². The molecule has 0 saturated heterocycles. The number of ether oxygens (including phenoxy) is 3. The van der Waals surface area contributed by atoms with Gasteiger partial charge in [-0.25, -0.2) is 0 Å². The van der Waals surface area contributed by atoms with Gasteiger partial charge in [0.05, 0.1) is 42.8 Å². The van der Waals surface area contributed by atoms with Gasteiger partial charge >= 0.3 is 26.7 Å². The number of hydrogen-bond acceptors (Lipinski definition) is 13. The fourth-order valence-electron chi connectivity index (χ4n) is 4.26. The number of ketones is 1. The molecule has 0 fully saturated rings. The standard InChI is InChI=1S/C28H46N2O11Si.4CH4/c1-10-26(4,23(34)41-16-13-31)18-27(5,24(35)39-14-11-17-42(36-7,37-8)38-9)28(6,20-30)21(32)12-15-40-22(33)25(2,3)19-29;;;;/h31H,10-18H2,1-9H3;4*1H4. The second kappa shape index (κ2) is 22.6. The Morgan fingerprint density at radius 1 is 0.739 bits per heavy atom. The molecule has 270 valence electrons. The molecule has 0 rings (SSSR count). The van der Waals surface area contributed by atoms with Crippen molar-refractivity contribution in [2.75, 3.05) is 47.8 Å². The van der Waals surface area contributed by atoms with Gasteiger partial charge in [-0.05, 0) is 53.9 Å². The summed E-state index contributed by atoms with van der Waals surface area (Å²) in [7, 11) is 1.40. The minimum atomic E-state index is -2.95. The van der Waals surface area contributed by atoms with E-state index in [2.05, 4.69) is 0 Å². The van der Waals surface area contributed by atoms with Crippen molar-refractivity contribution in [3.8, 4) is 12.1 Å². The Labute approximate surface area is 279 Å². The van der Waals surface area contributed by atoms with Gasteiger partial charge in [0.2, 0.25) is 0 Å². The van der Waals surface area contributed by atoms with Crippen molar-refractivity contribution in [1.29, 1.82) is 10.5 Å². The lowest BCUT2D eigenvalue weighted by Gasteiger charge is -2.43. The average molecular weight is 679 g/mol. The molecular formula is C32H62N2O11Si. The fourth-order valence-corrected chi connectivity index (χ4v) is 5.95. The highest BCUT2D eigenvalue weighted by atomic mass is 28.4. The maximum absolute atomic E-state index is 13.8. The summed E-state index contributed by atoms with van der Waals surface area (Å²) in [5.41, 5.74) is -6.67. The first-order valence-electron chi connectivity index (χ1n) is 13.6. The molecule has 0 radical (unpaired) electrons. The summed E-state index contributed by atoms with van der Waals surface area (Å²) in [6, 6.07) is 4.09. The fraction of sp³-hybridized carbons (Fsp3) is 0.812. The molecule has 3 unspecified atom stereocenters. The summed E-state index contributed by atoms with van der Waals surface area (Å²) in [5, 5.41) is 28.6. The van der Waals surface area contributed by atoms with Crippen molar-refractivity contribution in [3.05, 3.63) is 0 Å². The van der Waals surface area contributed by atoms with Gasteiger partial charge in [-0.15, -0.1) is 0 Å². The maximum Gasteiger partial charge on any atom is 0.500 e. The number of carbonyl (C=O) groups is 4. The number of nitriles is 2. The third kappa shape index (κ3) is 12.7. The largest absolute Gasteiger partial charge is 0.500 e. The van der Waals surface area contributed by atoms with Crippen molar-refractivity contribution in [2.45, 2.75) is 103 Å². The van der Waals surface area contributed by atoms with Gasteiger partial charge in [0.1, 0.15) is 17.4 Å². The summed E-state index contributed by atoms with van der Waals surface area (Å²) in [6.07, 6.45) is -0.263. The topological polar surface area (TPSA) is 191 Å². The molecule has 0 heterocycles. The van der Waals surface area contributed by atoms with Gasteiger partial charge in [0.25, 0.3) is 0 Å². The number of esters is 3. The number of carbonyl (C=O) groups excluding carboxylic acids is 4. The lowest BCUT2D eigenvalue weighted by Crippen LogP contribution is -2.53. The lowest BCUT2D eigenvalue weighted by molar-refractivity contribution is -0.173. The number of rotatable bonds is 20. The second-order valence-corrected chi connectivity index (χ2v) is 14.2. The normalized spacial score (nSPS) is 14.6. The Bertz CT molecular complexity index is 1030. The molecule has 0 aromatic rings. The van der Waals surface area contributed by atoms with Gasteiger partial charge in [-0.2, -0.15) is 10.5 Å². The number of aliphatic hydroxyl groups is 1. The highest BCUT2D eigenvalue weighted by molar-refractivity contribution is 6.60. The van der Waals surface area contributed by atoms with E-state index in [0.717, 1.165) is 0 Å². The molecule has 3 atom stereocenters. The minimum Gasteiger partial charge on any atom is -0.465 e. The van der Waals surface area contributed by atoms with Crippen molar-refractivity contribution < 1.29 is 51.8 Å². The van der Waals surface area contributed by atoms with E-state index in [0.29, 0.717) is 6.04 Å². The van der Waals surface area contributed by atoms with Crippen LogP contribution in [0, 0.1) is 44.3 Å². The summed E-state index contributed by atoms with van der Waals surface area (Å²) < 4.78 is 32.0. The van der Waals surface area contributed by atoms with Crippen molar-refractivity contribution in [3.63, 3.8) is 0 Å². The molecule has 0 aliphatic carbocycles. The van der Waals surface area contributed by atoms with E-state index in [1.165, 1.54) is 49.0 Å². The number of Topliss-reactive ketones (excluding diaryl/α,β-unsaturated/α-hetero) is 1. The summed E-state index contributed by atoms with van der Waals surface area (Å²) in [4.78, 5) is 52.5. The highest BCUT2D eigenvalue weighted by Crippen LogP contribution is 2.50. The molecular weight excluding hydrogens is 616 g/mol. The van der Waals surface area contributed by atoms with E-state index in [9.17, 15) is 24.4 Å². The second-order valence-electron chi connectivity index (χ2n) is 11.1. The van der Waals surface area contributed by atoms with Gasteiger partial charge in [0, 0.05) is 33.8 Å². The van der Waals surface area contributed by atoms with E-state index < -0.39 is 73.8 Å².